The zero-order valence-electron chi connectivity index (χ0n) is 10.0. The average Bonchev–Trinajstić information content (AvgIpc) is 2.60. The number of aliphatic carboxylic acids is 1. The smallest absolute Gasteiger partial charge is 0.332 e. The van der Waals surface area contributed by atoms with E-state index in [-0.39, 0.29) is 18.9 Å². The highest BCUT2D eigenvalue weighted by Crippen LogP contribution is 2.07. The third-order valence-corrected chi connectivity index (χ3v) is 2.72. The molecule has 0 aromatic heterocycles. The van der Waals surface area contributed by atoms with Crippen LogP contribution in [0.1, 0.15) is 12.8 Å². The van der Waals surface area contributed by atoms with Gasteiger partial charge in [-0.15, -0.1) is 0 Å². The first-order chi connectivity index (χ1) is 8.41. The average molecular weight is 259 g/mol. The SMILES string of the molecule is CN1CCC(NC(=O)NCC[C@H](O)C(=O)O)C1=O. The monoisotopic (exact) mass is 259 g/mol. The maximum Gasteiger partial charge on any atom is 0.332 e. The fourth-order valence-electron chi connectivity index (χ4n) is 1.61. The number of amides is 3. The fraction of sp³-hybridized carbons (Fsp3) is 0.700. The molecule has 1 unspecified atom stereocenters. The Balaban J connectivity index is 2.22. The van der Waals surface area contributed by atoms with Crippen LogP contribution in [-0.2, 0) is 9.59 Å². The maximum atomic E-state index is 11.5. The lowest BCUT2D eigenvalue weighted by Crippen LogP contribution is -2.46. The van der Waals surface area contributed by atoms with Crippen molar-refractivity contribution in [2.45, 2.75) is 25.0 Å². The summed E-state index contributed by atoms with van der Waals surface area (Å²) in [5.41, 5.74) is 0. The summed E-state index contributed by atoms with van der Waals surface area (Å²) in [6.07, 6.45) is -1.02. The van der Waals surface area contributed by atoms with E-state index in [1.165, 1.54) is 4.90 Å². The van der Waals surface area contributed by atoms with Crippen LogP contribution in [0.5, 0.6) is 0 Å². The highest BCUT2D eigenvalue weighted by Gasteiger charge is 2.30. The Morgan fingerprint density at radius 2 is 2.22 bits per heavy atom. The molecule has 1 aliphatic heterocycles. The van der Waals surface area contributed by atoms with Crippen LogP contribution in [0.4, 0.5) is 4.79 Å². The first-order valence-corrected chi connectivity index (χ1v) is 5.62. The van der Waals surface area contributed by atoms with Crippen molar-refractivity contribution in [3.05, 3.63) is 0 Å². The van der Waals surface area contributed by atoms with Crippen LogP contribution < -0.4 is 10.6 Å². The lowest BCUT2D eigenvalue weighted by Gasteiger charge is -2.13. The number of carbonyl (C=O) groups excluding carboxylic acids is 2. The quantitative estimate of drug-likeness (QED) is 0.472. The number of carboxylic acids is 1. The van der Waals surface area contributed by atoms with E-state index in [0.717, 1.165) is 0 Å². The van der Waals surface area contributed by atoms with Crippen molar-refractivity contribution in [1.82, 2.24) is 15.5 Å². The van der Waals surface area contributed by atoms with Crippen molar-refractivity contribution >= 4 is 17.9 Å². The van der Waals surface area contributed by atoms with E-state index in [4.69, 9.17) is 10.2 Å². The standard InChI is InChI=1S/C10H17N3O5/c1-13-5-3-6(8(13)15)12-10(18)11-4-2-7(14)9(16)17/h6-7,14H,2-5H2,1H3,(H,16,17)(H2,11,12,18)/t6?,7-/m0/s1. The Kier molecular flexibility index (Phi) is 4.90. The highest BCUT2D eigenvalue weighted by atomic mass is 16.4. The number of carboxylic acid groups (broad SMARTS) is 1. The van der Waals surface area contributed by atoms with Gasteiger partial charge in [0.25, 0.3) is 0 Å². The topological polar surface area (TPSA) is 119 Å². The van der Waals surface area contributed by atoms with Gasteiger partial charge in [0.2, 0.25) is 5.91 Å². The molecule has 8 nitrogen and oxygen atoms in total. The van der Waals surface area contributed by atoms with Crippen LogP contribution in [0.3, 0.4) is 0 Å². The molecule has 1 heterocycles. The minimum atomic E-state index is -1.50. The number of aliphatic hydroxyl groups is 1. The zero-order chi connectivity index (χ0) is 13.7. The summed E-state index contributed by atoms with van der Waals surface area (Å²) in [4.78, 5) is 34.7. The molecule has 102 valence electrons. The van der Waals surface area contributed by atoms with Gasteiger partial charge < -0.3 is 25.7 Å². The third kappa shape index (κ3) is 3.88. The van der Waals surface area contributed by atoms with Gasteiger partial charge in [-0.2, -0.15) is 0 Å². The number of nitrogens with zero attached hydrogens (tertiary/aromatic N) is 1. The van der Waals surface area contributed by atoms with Gasteiger partial charge in [-0.1, -0.05) is 0 Å². The number of nitrogens with one attached hydrogen (secondary N) is 2. The van der Waals surface area contributed by atoms with Gasteiger partial charge in [-0.3, -0.25) is 4.79 Å². The molecule has 0 saturated carbocycles. The van der Waals surface area contributed by atoms with Crippen LogP contribution in [0, 0.1) is 0 Å². The molecule has 0 aromatic rings. The van der Waals surface area contributed by atoms with E-state index in [9.17, 15) is 14.4 Å². The fourth-order valence-corrected chi connectivity index (χ4v) is 1.61. The molecule has 1 rings (SSSR count). The summed E-state index contributed by atoms with van der Waals surface area (Å²) in [6, 6.07) is -1.07. The molecule has 0 radical (unpaired) electrons. The van der Waals surface area contributed by atoms with Gasteiger partial charge >= 0.3 is 12.0 Å². The zero-order valence-corrected chi connectivity index (χ0v) is 10.0. The Morgan fingerprint density at radius 3 is 2.72 bits per heavy atom. The van der Waals surface area contributed by atoms with Crippen LogP contribution in [-0.4, -0.2) is 65.3 Å². The molecular weight excluding hydrogens is 242 g/mol. The molecule has 3 amide bonds. The Labute approximate surface area is 104 Å². The van der Waals surface area contributed by atoms with Crippen LogP contribution in [0.25, 0.3) is 0 Å². The minimum absolute atomic E-state index is 0.0239. The molecule has 8 heteroatoms. The van der Waals surface area contributed by atoms with Crippen LogP contribution >= 0.6 is 0 Å². The van der Waals surface area contributed by atoms with E-state index in [0.29, 0.717) is 13.0 Å². The molecule has 0 bridgehead atoms. The number of urea groups is 1. The number of likely N-dealkylation sites (tertiary alicyclic amines) is 1. The molecule has 2 atom stereocenters. The van der Waals surface area contributed by atoms with Gasteiger partial charge in [0.1, 0.15) is 6.04 Å². The summed E-state index contributed by atoms with van der Waals surface area (Å²) >= 11 is 0. The minimum Gasteiger partial charge on any atom is -0.479 e. The molecule has 1 aliphatic rings. The molecule has 18 heavy (non-hydrogen) atoms. The Morgan fingerprint density at radius 1 is 1.56 bits per heavy atom. The predicted octanol–water partition coefficient (Wildman–Crippen LogP) is -1.65. The molecule has 1 fully saturated rings. The van der Waals surface area contributed by atoms with Crippen LogP contribution in [0.2, 0.25) is 0 Å². The number of hydrogen-bond acceptors (Lipinski definition) is 4. The normalized spacial score (nSPS) is 20.7. The third-order valence-electron chi connectivity index (χ3n) is 2.72. The first-order valence-electron chi connectivity index (χ1n) is 5.62. The second kappa shape index (κ2) is 6.20. The second-order valence-corrected chi connectivity index (χ2v) is 4.14. The number of likely N-dealkylation sites (N-methyl/N-ethyl adjacent to an activating group) is 1. The summed E-state index contributed by atoms with van der Waals surface area (Å²) in [7, 11) is 1.66. The van der Waals surface area contributed by atoms with E-state index < -0.39 is 24.1 Å². The predicted molar refractivity (Wildman–Crippen MR) is 60.8 cm³/mol. The molecule has 4 N–H and O–H groups in total. The van der Waals surface area contributed by atoms with E-state index >= 15 is 0 Å². The van der Waals surface area contributed by atoms with Crippen molar-refractivity contribution in [2.24, 2.45) is 0 Å². The summed E-state index contributed by atoms with van der Waals surface area (Å²) in [5, 5.41) is 22.3. The van der Waals surface area contributed by atoms with Gasteiger partial charge in [0.05, 0.1) is 0 Å². The van der Waals surface area contributed by atoms with Gasteiger partial charge in [-0.05, 0) is 6.42 Å². The Bertz CT molecular complexity index is 346. The number of hydrogen-bond donors (Lipinski definition) is 4. The number of rotatable bonds is 5. The lowest BCUT2D eigenvalue weighted by atomic mass is 10.2. The van der Waals surface area contributed by atoms with Gasteiger partial charge in [0, 0.05) is 26.6 Å². The number of carbonyl (C=O) groups is 3. The van der Waals surface area contributed by atoms with Crippen LogP contribution in [0.15, 0.2) is 0 Å². The maximum absolute atomic E-state index is 11.5. The summed E-state index contributed by atoms with van der Waals surface area (Å²) < 4.78 is 0. The largest absolute Gasteiger partial charge is 0.479 e. The summed E-state index contributed by atoms with van der Waals surface area (Å²) in [6.45, 7) is 0.623. The summed E-state index contributed by atoms with van der Waals surface area (Å²) in [5.74, 6) is -1.47. The van der Waals surface area contributed by atoms with Crippen molar-refractivity contribution in [3.63, 3.8) is 0 Å². The van der Waals surface area contributed by atoms with Crippen molar-refractivity contribution < 1.29 is 24.6 Å². The lowest BCUT2D eigenvalue weighted by molar-refractivity contribution is -0.146. The molecule has 0 spiro atoms. The molecule has 1 saturated heterocycles. The van der Waals surface area contributed by atoms with E-state index in [1.807, 2.05) is 0 Å². The molecule has 0 aliphatic carbocycles. The molecular formula is C10H17N3O5. The second-order valence-electron chi connectivity index (χ2n) is 4.14. The van der Waals surface area contributed by atoms with Crippen molar-refractivity contribution in [1.29, 1.82) is 0 Å². The molecule has 0 aromatic carbocycles. The van der Waals surface area contributed by atoms with E-state index in [1.54, 1.807) is 7.05 Å². The first kappa shape index (κ1) is 14.2. The number of aliphatic hydroxyl groups excluding tert-OH is 1. The van der Waals surface area contributed by atoms with Crippen molar-refractivity contribution in [2.75, 3.05) is 20.1 Å². The Hall–Kier alpha value is -1.83. The van der Waals surface area contributed by atoms with Gasteiger partial charge in [-0.25, -0.2) is 9.59 Å². The van der Waals surface area contributed by atoms with Crippen molar-refractivity contribution in [3.8, 4) is 0 Å². The van der Waals surface area contributed by atoms with Gasteiger partial charge in [0.15, 0.2) is 6.10 Å². The van der Waals surface area contributed by atoms with E-state index in [2.05, 4.69) is 10.6 Å². The highest BCUT2D eigenvalue weighted by molar-refractivity contribution is 5.88.